The van der Waals surface area contributed by atoms with Gasteiger partial charge in [0.15, 0.2) is 0 Å². The Balaban J connectivity index is 1.76. The van der Waals surface area contributed by atoms with E-state index in [4.69, 9.17) is 0 Å². The molecule has 0 saturated carbocycles. The largest absolute Gasteiger partial charge is 0.480 e. The highest BCUT2D eigenvalue weighted by Crippen LogP contribution is 2.36. The number of amides is 1. The van der Waals surface area contributed by atoms with E-state index in [1.165, 1.54) is 6.42 Å². The highest BCUT2D eigenvalue weighted by Gasteiger charge is 2.49. The Labute approximate surface area is 119 Å². The van der Waals surface area contributed by atoms with Crippen LogP contribution in [0.3, 0.4) is 0 Å². The molecule has 0 aromatic rings. The maximum absolute atomic E-state index is 12.8. The first kappa shape index (κ1) is 13.6. The zero-order valence-corrected chi connectivity index (χ0v) is 11.8. The summed E-state index contributed by atoms with van der Waals surface area (Å²) in [6.45, 7) is 3.40. The van der Waals surface area contributed by atoms with Crippen molar-refractivity contribution >= 4 is 11.9 Å². The summed E-state index contributed by atoms with van der Waals surface area (Å²) in [6.07, 6.45) is 7.60. The van der Waals surface area contributed by atoms with Gasteiger partial charge in [0.1, 0.15) is 5.41 Å². The Hall–Kier alpha value is -1.36. The molecule has 3 aliphatic rings. The maximum atomic E-state index is 12.8. The number of piperazine rings is 1. The van der Waals surface area contributed by atoms with Crippen LogP contribution in [-0.2, 0) is 9.59 Å². The Morgan fingerprint density at radius 2 is 2.05 bits per heavy atom. The minimum absolute atomic E-state index is 0.166. The van der Waals surface area contributed by atoms with Crippen molar-refractivity contribution in [1.82, 2.24) is 9.80 Å². The summed E-state index contributed by atoms with van der Waals surface area (Å²) in [7, 11) is 0. The molecule has 2 fully saturated rings. The molecule has 2 aliphatic heterocycles. The standard InChI is InChI=1S/C15H22N2O3/c18-13(15(14(19)20)6-2-1-3-7-15)17-10-9-16-8-4-5-12(16)11-17/h1-2,12H,3-11H2,(H,19,20). The van der Waals surface area contributed by atoms with Crippen LogP contribution in [-0.4, -0.2) is 59.0 Å². The fourth-order valence-electron chi connectivity index (χ4n) is 3.79. The summed E-state index contributed by atoms with van der Waals surface area (Å²) in [6, 6.07) is 0.442. The fourth-order valence-corrected chi connectivity index (χ4v) is 3.79. The molecule has 2 heterocycles. The third-order valence-electron chi connectivity index (χ3n) is 5.06. The normalized spacial score (nSPS) is 34.0. The molecule has 0 aromatic heterocycles. The lowest BCUT2D eigenvalue weighted by atomic mass is 9.75. The second-order valence-corrected chi connectivity index (χ2v) is 6.18. The smallest absolute Gasteiger partial charge is 0.319 e. The van der Waals surface area contributed by atoms with E-state index in [2.05, 4.69) is 4.90 Å². The van der Waals surface area contributed by atoms with E-state index < -0.39 is 11.4 Å². The van der Waals surface area contributed by atoms with Crippen LogP contribution in [0.25, 0.3) is 0 Å². The van der Waals surface area contributed by atoms with Crippen LogP contribution >= 0.6 is 0 Å². The van der Waals surface area contributed by atoms with E-state index in [0.29, 0.717) is 38.4 Å². The van der Waals surface area contributed by atoms with Crippen LogP contribution in [0.4, 0.5) is 0 Å². The first-order valence-electron chi connectivity index (χ1n) is 7.55. The Morgan fingerprint density at radius 3 is 2.75 bits per heavy atom. The summed E-state index contributed by atoms with van der Waals surface area (Å²) in [4.78, 5) is 28.7. The molecule has 1 aliphatic carbocycles. The number of carboxylic acids is 1. The number of aliphatic carboxylic acids is 1. The fraction of sp³-hybridized carbons (Fsp3) is 0.733. The molecule has 0 spiro atoms. The SMILES string of the molecule is O=C(O)C1(C(=O)N2CCN3CCCC3C2)CC=CCC1. The number of fused-ring (bicyclic) bond motifs is 1. The van der Waals surface area contributed by atoms with Crippen molar-refractivity contribution in [1.29, 1.82) is 0 Å². The van der Waals surface area contributed by atoms with Crippen molar-refractivity contribution in [2.45, 2.75) is 38.1 Å². The van der Waals surface area contributed by atoms with Gasteiger partial charge in [0.05, 0.1) is 0 Å². The number of rotatable bonds is 2. The van der Waals surface area contributed by atoms with Gasteiger partial charge in [-0.2, -0.15) is 0 Å². The minimum Gasteiger partial charge on any atom is -0.480 e. The van der Waals surface area contributed by atoms with Crippen LogP contribution in [0.2, 0.25) is 0 Å². The molecule has 0 aromatic carbocycles. The lowest BCUT2D eigenvalue weighted by Gasteiger charge is -2.41. The van der Waals surface area contributed by atoms with Gasteiger partial charge >= 0.3 is 5.97 Å². The first-order valence-corrected chi connectivity index (χ1v) is 7.55. The first-order chi connectivity index (χ1) is 9.63. The van der Waals surface area contributed by atoms with Gasteiger partial charge in [-0.05, 0) is 38.6 Å². The van der Waals surface area contributed by atoms with Gasteiger partial charge in [-0.3, -0.25) is 14.5 Å². The van der Waals surface area contributed by atoms with E-state index in [-0.39, 0.29) is 5.91 Å². The molecular formula is C15H22N2O3. The van der Waals surface area contributed by atoms with Gasteiger partial charge in [-0.1, -0.05) is 12.2 Å². The predicted molar refractivity (Wildman–Crippen MR) is 74.2 cm³/mol. The third kappa shape index (κ3) is 2.14. The molecule has 110 valence electrons. The molecule has 0 radical (unpaired) electrons. The van der Waals surface area contributed by atoms with Gasteiger partial charge < -0.3 is 10.0 Å². The van der Waals surface area contributed by atoms with E-state index >= 15 is 0 Å². The zero-order chi connectivity index (χ0) is 14.2. The van der Waals surface area contributed by atoms with Gasteiger partial charge in [-0.25, -0.2) is 0 Å². The molecule has 20 heavy (non-hydrogen) atoms. The molecule has 5 nitrogen and oxygen atoms in total. The summed E-state index contributed by atoms with van der Waals surface area (Å²) in [5.41, 5.74) is -1.21. The molecule has 1 amide bonds. The van der Waals surface area contributed by atoms with Gasteiger partial charge in [0.25, 0.3) is 0 Å². The Bertz CT molecular complexity index is 448. The summed E-state index contributed by atoms with van der Waals surface area (Å²) in [5.74, 6) is -1.12. The summed E-state index contributed by atoms with van der Waals surface area (Å²) < 4.78 is 0. The van der Waals surface area contributed by atoms with Gasteiger partial charge in [-0.15, -0.1) is 0 Å². The second kappa shape index (κ2) is 5.20. The van der Waals surface area contributed by atoms with Crippen LogP contribution in [0.15, 0.2) is 12.2 Å². The molecule has 0 bridgehead atoms. The van der Waals surface area contributed by atoms with Gasteiger partial charge in [0.2, 0.25) is 5.91 Å². The van der Waals surface area contributed by atoms with Crippen molar-refractivity contribution in [2.75, 3.05) is 26.2 Å². The number of hydrogen-bond acceptors (Lipinski definition) is 3. The molecule has 2 atom stereocenters. The lowest BCUT2D eigenvalue weighted by molar-refractivity contribution is -0.162. The molecule has 3 rings (SSSR count). The number of hydrogen-bond donors (Lipinski definition) is 1. The Morgan fingerprint density at radius 1 is 1.20 bits per heavy atom. The summed E-state index contributed by atoms with van der Waals surface area (Å²) in [5, 5.41) is 9.59. The number of nitrogens with zero attached hydrogens (tertiary/aromatic N) is 2. The molecule has 1 N–H and O–H groups in total. The lowest BCUT2D eigenvalue weighted by Crippen LogP contribution is -2.57. The summed E-state index contributed by atoms with van der Waals surface area (Å²) >= 11 is 0. The van der Waals surface area contributed by atoms with Crippen molar-refractivity contribution < 1.29 is 14.7 Å². The average molecular weight is 278 g/mol. The second-order valence-electron chi connectivity index (χ2n) is 6.18. The predicted octanol–water partition coefficient (Wildman–Crippen LogP) is 1.10. The highest BCUT2D eigenvalue weighted by atomic mass is 16.4. The zero-order valence-electron chi connectivity index (χ0n) is 11.8. The van der Waals surface area contributed by atoms with Crippen LogP contribution in [0.5, 0.6) is 0 Å². The number of carbonyl (C=O) groups is 2. The van der Waals surface area contributed by atoms with Crippen LogP contribution in [0, 0.1) is 5.41 Å². The van der Waals surface area contributed by atoms with Crippen molar-refractivity contribution in [3.8, 4) is 0 Å². The number of allylic oxidation sites excluding steroid dienone is 2. The minimum atomic E-state index is -1.21. The third-order valence-corrected chi connectivity index (χ3v) is 5.06. The van der Waals surface area contributed by atoms with E-state index in [1.807, 2.05) is 12.2 Å². The maximum Gasteiger partial charge on any atom is 0.319 e. The molecule has 5 heteroatoms. The van der Waals surface area contributed by atoms with E-state index in [1.54, 1.807) is 4.90 Å². The van der Waals surface area contributed by atoms with E-state index in [0.717, 1.165) is 19.5 Å². The quantitative estimate of drug-likeness (QED) is 0.607. The van der Waals surface area contributed by atoms with Gasteiger partial charge in [0, 0.05) is 25.7 Å². The number of carbonyl (C=O) groups excluding carboxylic acids is 1. The molecule has 2 saturated heterocycles. The van der Waals surface area contributed by atoms with E-state index in [9.17, 15) is 14.7 Å². The topological polar surface area (TPSA) is 60.9 Å². The highest BCUT2D eigenvalue weighted by molar-refractivity contribution is 6.02. The molecular weight excluding hydrogens is 256 g/mol. The van der Waals surface area contributed by atoms with Crippen molar-refractivity contribution in [2.24, 2.45) is 5.41 Å². The Kier molecular flexibility index (Phi) is 3.54. The number of carboxylic acid groups (broad SMARTS) is 1. The monoisotopic (exact) mass is 278 g/mol. The van der Waals surface area contributed by atoms with Crippen molar-refractivity contribution in [3.63, 3.8) is 0 Å². The van der Waals surface area contributed by atoms with Crippen molar-refractivity contribution in [3.05, 3.63) is 12.2 Å². The van der Waals surface area contributed by atoms with Crippen LogP contribution < -0.4 is 0 Å². The molecule has 2 unspecified atom stereocenters. The van der Waals surface area contributed by atoms with Crippen LogP contribution in [0.1, 0.15) is 32.1 Å². The average Bonchev–Trinajstić information content (AvgIpc) is 2.94.